The summed E-state index contributed by atoms with van der Waals surface area (Å²) in [5, 5.41) is 8.42. The number of anilines is 1. The maximum atomic E-state index is 12.2. The zero-order valence-corrected chi connectivity index (χ0v) is 16.0. The number of halogens is 2. The maximum Gasteiger partial charge on any atom is 0.238 e. The average Bonchev–Trinajstić information content (AvgIpc) is 3.08. The summed E-state index contributed by atoms with van der Waals surface area (Å²) < 4.78 is 0. The van der Waals surface area contributed by atoms with Crippen molar-refractivity contribution in [3.63, 3.8) is 0 Å². The number of carbonyl (C=O) groups is 2. The van der Waals surface area contributed by atoms with Crippen molar-refractivity contribution in [1.29, 1.82) is 0 Å². The Morgan fingerprint density at radius 3 is 2.56 bits per heavy atom. The minimum Gasteiger partial charge on any atom is -0.350 e. The van der Waals surface area contributed by atoms with Crippen LogP contribution >= 0.6 is 34.5 Å². The Kier molecular flexibility index (Phi) is 7.71. The molecule has 134 valence electrons. The molecule has 2 rings (SSSR count). The summed E-state index contributed by atoms with van der Waals surface area (Å²) in [7, 11) is 0. The van der Waals surface area contributed by atoms with Crippen LogP contribution < -0.4 is 10.6 Å². The molecule has 0 atom stereocenters. The molecule has 0 aliphatic carbocycles. The lowest BCUT2D eigenvalue weighted by Gasteiger charge is -2.19. The van der Waals surface area contributed by atoms with E-state index < -0.39 is 0 Å². The molecule has 0 unspecified atom stereocenters. The Bertz CT molecular complexity index is 723. The SMILES string of the molecule is CCN(CC(=O)NCc1cccs1)CC(=O)Nc1ccc(Cl)cc1Cl. The van der Waals surface area contributed by atoms with E-state index in [0.29, 0.717) is 28.8 Å². The summed E-state index contributed by atoms with van der Waals surface area (Å²) in [6, 6.07) is 8.77. The molecule has 0 aliphatic heterocycles. The second-order valence-corrected chi connectivity index (χ2v) is 7.21. The van der Waals surface area contributed by atoms with Gasteiger partial charge in [-0.05, 0) is 36.2 Å². The van der Waals surface area contributed by atoms with Gasteiger partial charge in [-0.1, -0.05) is 36.2 Å². The number of likely N-dealkylation sites (N-methyl/N-ethyl adjacent to an activating group) is 1. The summed E-state index contributed by atoms with van der Waals surface area (Å²) in [6.07, 6.45) is 0. The second-order valence-electron chi connectivity index (χ2n) is 5.33. The van der Waals surface area contributed by atoms with Gasteiger partial charge in [-0.15, -0.1) is 11.3 Å². The van der Waals surface area contributed by atoms with E-state index in [1.165, 1.54) is 0 Å². The van der Waals surface area contributed by atoms with E-state index in [4.69, 9.17) is 23.2 Å². The fourth-order valence-electron chi connectivity index (χ4n) is 2.12. The molecule has 0 saturated heterocycles. The van der Waals surface area contributed by atoms with Crippen LogP contribution in [0.5, 0.6) is 0 Å². The lowest BCUT2D eigenvalue weighted by Crippen LogP contribution is -2.40. The predicted molar refractivity (Wildman–Crippen MR) is 103 cm³/mol. The molecule has 1 heterocycles. The van der Waals surface area contributed by atoms with Gasteiger partial charge in [0.05, 0.1) is 30.3 Å². The zero-order chi connectivity index (χ0) is 18.2. The van der Waals surface area contributed by atoms with Crippen molar-refractivity contribution in [2.45, 2.75) is 13.5 Å². The first-order chi connectivity index (χ1) is 12.0. The van der Waals surface area contributed by atoms with Gasteiger partial charge >= 0.3 is 0 Å². The number of nitrogens with zero attached hydrogens (tertiary/aromatic N) is 1. The van der Waals surface area contributed by atoms with Crippen LogP contribution in [-0.2, 0) is 16.1 Å². The van der Waals surface area contributed by atoms with Crippen LogP contribution in [0.3, 0.4) is 0 Å². The second kappa shape index (κ2) is 9.77. The van der Waals surface area contributed by atoms with Gasteiger partial charge in [-0.25, -0.2) is 0 Å². The molecule has 1 aromatic heterocycles. The van der Waals surface area contributed by atoms with Gasteiger partial charge in [0, 0.05) is 9.90 Å². The van der Waals surface area contributed by atoms with Crippen LogP contribution in [0.4, 0.5) is 5.69 Å². The minimum absolute atomic E-state index is 0.0991. The highest BCUT2D eigenvalue weighted by Crippen LogP contribution is 2.25. The molecule has 0 saturated carbocycles. The lowest BCUT2D eigenvalue weighted by molar-refractivity contribution is -0.123. The smallest absolute Gasteiger partial charge is 0.238 e. The maximum absolute atomic E-state index is 12.2. The van der Waals surface area contributed by atoms with Crippen molar-refractivity contribution >= 4 is 52.0 Å². The first-order valence-electron chi connectivity index (χ1n) is 7.74. The molecule has 8 heteroatoms. The highest BCUT2D eigenvalue weighted by Gasteiger charge is 2.14. The Morgan fingerprint density at radius 2 is 1.92 bits per heavy atom. The number of rotatable bonds is 8. The number of carbonyl (C=O) groups excluding carboxylic acids is 2. The van der Waals surface area contributed by atoms with Gasteiger partial charge in [0.25, 0.3) is 0 Å². The normalized spacial score (nSPS) is 10.7. The molecule has 25 heavy (non-hydrogen) atoms. The quantitative estimate of drug-likeness (QED) is 0.712. The van der Waals surface area contributed by atoms with Crippen LogP contribution in [0.25, 0.3) is 0 Å². The third-order valence-corrected chi connectivity index (χ3v) is 4.85. The summed E-state index contributed by atoms with van der Waals surface area (Å²) in [6.45, 7) is 3.23. The number of hydrogen-bond acceptors (Lipinski definition) is 4. The topological polar surface area (TPSA) is 61.4 Å². The van der Waals surface area contributed by atoms with E-state index in [1.54, 1.807) is 34.4 Å². The van der Waals surface area contributed by atoms with Crippen LogP contribution in [0, 0.1) is 0 Å². The molecule has 0 bridgehead atoms. The molecule has 2 amide bonds. The number of benzene rings is 1. The number of thiophene rings is 1. The monoisotopic (exact) mass is 399 g/mol. The summed E-state index contributed by atoms with van der Waals surface area (Å²) >= 11 is 13.5. The number of hydrogen-bond donors (Lipinski definition) is 2. The van der Waals surface area contributed by atoms with E-state index in [9.17, 15) is 9.59 Å². The zero-order valence-electron chi connectivity index (χ0n) is 13.7. The Hall–Kier alpha value is -1.60. The third kappa shape index (κ3) is 6.66. The molecule has 0 radical (unpaired) electrons. The average molecular weight is 400 g/mol. The van der Waals surface area contributed by atoms with Gasteiger partial charge < -0.3 is 10.6 Å². The van der Waals surface area contributed by atoms with Gasteiger partial charge in [0.2, 0.25) is 11.8 Å². The van der Waals surface area contributed by atoms with E-state index in [2.05, 4.69) is 10.6 Å². The van der Waals surface area contributed by atoms with Crippen LogP contribution in [0.1, 0.15) is 11.8 Å². The molecule has 2 N–H and O–H groups in total. The summed E-state index contributed by atoms with van der Waals surface area (Å²) in [5.41, 5.74) is 0.495. The van der Waals surface area contributed by atoms with E-state index in [1.807, 2.05) is 24.4 Å². The first kappa shape index (κ1) is 19.7. The van der Waals surface area contributed by atoms with E-state index in [-0.39, 0.29) is 24.9 Å². The fraction of sp³-hybridized carbons (Fsp3) is 0.294. The highest BCUT2D eigenvalue weighted by molar-refractivity contribution is 7.09. The van der Waals surface area contributed by atoms with Crippen LogP contribution in [0.15, 0.2) is 35.7 Å². The Labute approximate surface area is 160 Å². The molecule has 0 fully saturated rings. The predicted octanol–water partition coefficient (Wildman–Crippen LogP) is 3.63. The minimum atomic E-state index is -0.239. The summed E-state index contributed by atoms with van der Waals surface area (Å²) in [4.78, 5) is 27.0. The van der Waals surface area contributed by atoms with E-state index >= 15 is 0 Å². The molecule has 1 aromatic carbocycles. The van der Waals surface area contributed by atoms with Crippen molar-refractivity contribution in [3.8, 4) is 0 Å². The highest BCUT2D eigenvalue weighted by atomic mass is 35.5. The molecular formula is C17H19Cl2N3O2S. The fourth-order valence-corrected chi connectivity index (χ4v) is 3.22. The molecule has 0 aliphatic rings. The van der Waals surface area contributed by atoms with Crippen LogP contribution in [-0.4, -0.2) is 36.3 Å². The van der Waals surface area contributed by atoms with Crippen LogP contribution in [0.2, 0.25) is 10.0 Å². The lowest BCUT2D eigenvalue weighted by atomic mass is 10.3. The molecule has 2 aromatic rings. The van der Waals surface area contributed by atoms with Crippen molar-refractivity contribution < 1.29 is 9.59 Å². The van der Waals surface area contributed by atoms with Gasteiger partial charge in [-0.3, -0.25) is 14.5 Å². The van der Waals surface area contributed by atoms with Gasteiger partial charge in [0.15, 0.2) is 0 Å². The number of amides is 2. The molecular weight excluding hydrogens is 381 g/mol. The summed E-state index contributed by atoms with van der Waals surface area (Å²) in [5.74, 6) is -0.357. The Morgan fingerprint density at radius 1 is 1.16 bits per heavy atom. The van der Waals surface area contributed by atoms with Crippen molar-refractivity contribution in [1.82, 2.24) is 10.2 Å². The number of nitrogens with one attached hydrogen (secondary N) is 2. The third-order valence-electron chi connectivity index (χ3n) is 3.43. The largest absolute Gasteiger partial charge is 0.350 e. The van der Waals surface area contributed by atoms with Crippen molar-refractivity contribution in [2.75, 3.05) is 25.0 Å². The van der Waals surface area contributed by atoms with Crippen molar-refractivity contribution in [2.24, 2.45) is 0 Å². The molecule has 5 nitrogen and oxygen atoms in total. The van der Waals surface area contributed by atoms with Crippen molar-refractivity contribution in [3.05, 3.63) is 50.6 Å². The molecule has 0 spiro atoms. The Balaban J connectivity index is 1.81. The first-order valence-corrected chi connectivity index (χ1v) is 9.38. The van der Waals surface area contributed by atoms with Gasteiger partial charge in [-0.2, -0.15) is 0 Å². The van der Waals surface area contributed by atoms with E-state index in [0.717, 1.165) is 4.88 Å². The van der Waals surface area contributed by atoms with Gasteiger partial charge in [0.1, 0.15) is 0 Å². The standard InChI is InChI=1S/C17H19Cl2N3O2S/c1-2-22(10-16(23)20-9-13-4-3-7-25-13)11-17(24)21-15-6-5-12(18)8-14(15)19/h3-8H,2,9-11H2,1H3,(H,20,23)(H,21,24).